The zero-order valence-corrected chi connectivity index (χ0v) is 15.4. The molecule has 1 aliphatic rings. The lowest BCUT2D eigenvalue weighted by Gasteiger charge is -2.40. The highest BCUT2D eigenvalue weighted by atomic mass is 14.8. The second-order valence-electron chi connectivity index (χ2n) is 8.16. The van der Waals surface area contributed by atoms with Crippen molar-refractivity contribution in [3.63, 3.8) is 0 Å². The molecule has 1 heterocycles. The molecule has 22 heavy (non-hydrogen) atoms. The molecule has 1 aromatic heterocycles. The van der Waals surface area contributed by atoms with Gasteiger partial charge in [0.15, 0.2) is 0 Å². The van der Waals surface area contributed by atoms with Crippen LogP contribution < -0.4 is 0 Å². The van der Waals surface area contributed by atoms with E-state index in [4.69, 9.17) is 0 Å². The predicted octanol–water partition coefficient (Wildman–Crippen LogP) is 6.01. The second kappa shape index (κ2) is 7.10. The molecule has 1 aliphatic carbocycles. The van der Waals surface area contributed by atoms with Crippen molar-refractivity contribution in [1.29, 1.82) is 0 Å². The Balaban J connectivity index is 2.06. The molecule has 0 aromatic carbocycles. The zero-order chi connectivity index (χ0) is 16.3. The van der Waals surface area contributed by atoms with Crippen molar-refractivity contribution in [1.82, 2.24) is 9.97 Å². The molecule has 1 aromatic rings. The van der Waals surface area contributed by atoms with Crippen LogP contribution in [-0.2, 0) is 0 Å². The summed E-state index contributed by atoms with van der Waals surface area (Å²) in [5.74, 6) is 1.88. The minimum atomic E-state index is 0.477. The molecule has 0 spiro atoms. The number of aromatic nitrogens is 2. The summed E-state index contributed by atoms with van der Waals surface area (Å²) < 4.78 is 0. The van der Waals surface area contributed by atoms with Gasteiger partial charge >= 0.3 is 0 Å². The number of hydrogen-bond donors (Lipinski definition) is 0. The molecule has 0 radical (unpaired) electrons. The van der Waals surface area contributed by atoms with Gasteiger partial charge in [-0.05, 0) is 54.9 Å². The van der Waals surface area contributed by atoms with E-state index in [-0.39, 0.29) is 0 Å². The summed E-state index contributed by atoms with van der Waals surface area (Å²) in [7, 11) is 0. The second-order valence-corrected chi connectivity index (χ2v) is 8.16. The summed E-state index contributed by atoms with van der Waals surface area (Å²) in [6.45, 7) is 13.9. The van der Waals surface area contributed by atoms with Gasteiger partial charge in [-0.3, -0.25) is 0 Å². The maximum atomic E-state index is 4.62. The van der Waals surface area contributed by atoms with Crippen LogP contribution in [0.2, 0.25) is 0 Å². The fraction of sp³-hybridized carbons (Fsp3) is 0.800. The van der Waals surface area contributed by atoms with Crippen LogP contribution in [0.1, 0.15) is 102 Å². The highest BCUT2D eigenvalue weighted by Gasteiger charge is 2.33. The summed E-state index contributed by atoms with van der Waals surface area (Å²) in [5, 5.41) is 0. The van der Waals surface area contributed by atoms with Crippen molar-refractivity contribution in [3.05, 3.63) is 23.3 Å². The molecule has 3 atom stereocenters. The van der Waals surface area contributed by atoms with E-state index in [1.807, 2.05) is 0 Å². The lowest BCUT2D eigenvalue weighted by atomic mass is 9.65. The van der Waals surface area contributed by atoms with Gasteiger partial charge in [-0.2, -0.15) is 0 Å². The van der Waals surface area contributed by atoms with Gasteiger partial charge in [0.25, 0.3) is 0 Å². The van der Waals surface area contributed by atoms with Crippen molar-refractivity contribution in [2.75, 3.05) is 0 Å². The molecular formula is C20H34N2. The highest BCUT2D eigenvalue weighted by Crippen LogP contribution is 2.45. The fourth-order valence-corrected chi connectivity index (χ4v) is 4.19. The van der Waals surface area contributed by atoms with Crippen molar-refractivity contribution >= 4 is 0 Å². The van der Waals surface area contributed by atoms with E-state index in [9.17, 15) is 0 Å². The Bertz CT molecular complexity index is 494. The minimum Gasteiger partial charge on any atom is -0.241 e. The summed E-state index contributed by atoms with van der Waals surface area (Å²) in [4.78, 5) is 9.10. The Morgan fingerprint density at radius 1 is 1.18 bits per heavy atom. The van der Waals surface area contributed by atoms with Gasteiger partial charge in [0, 0.05) is 11.4 Å². The number of rotatable bonds is 5. The molecule has 2 nitrogen and oxygen atoms in total. The maximum Gasteiger partial charge on any atom is 0.115 e. The van der Waals surface area contributed by atoms with Crippen molar-refractivity contribution in [2.45, 2.75) is 91.9 Å². The first-order chi connectivity index (χ1) is 10.3. The van der Waals surface area contributed by atoms with E-state index < -0.39 is 0 Å². The van der Waals surface area contributed by atoms with E-state index >= 15 is 0 Å². The first kappa shape index (κ1) is 17.4. The SMILES string of the molecule is Cc1c(C(C)C)ncnc1C(C)CCC1(C)CCCC[C@@H]1C. The fourth-order valence-electron chi connectivity index (χ4n) is 4.19. The van der Waals surface area contributed by atoms with Crippen LogP contribution in [0, 0.1) is 18.3 Å². The van der Waals surface area contributed by atoms with Crippen LogP contribution in [0.3, 0.4) is 0 Å². The standard InChI is InChI=1S/C20H34N2/c1-14(2)18-17(5)19(22-13-21-18)15(3)10-12-20(6)11-8-7-9-16(20)4/h13-16H,7-12H2,1-6H3/t15?,16-,20?/m0/s1. The Morgan fingerprint density at radius 2 is 1.86 bits per heavy atom. The molecule has 0 aliphatic heterocycles. The Morgan fingerprint density at radius 3 is 2.50 bits per heavy atom. The number of hydrogen-bond acceptors (Lipinski definition) is 2. The first-order valence-electron chi connectivity index (χ1n) is 9.16. The normalized spacial score (nSPS) is 27.1. The number of nitrogens with zero attached hydrogens (tertiary/aromatic N) is 2. The molecule has 1 saturated carbocycles. The zero-order valence-electron chi connectivity index (χ0n) is 15.4. The third-order valence-corrected chi connectivity index (χ3v) is 6.15. The highest BCUT2D eigenvalue weighted by molar-refractivity contribution is 5.27. The molecule has 2 rings (SSSR count). The third kappa shape index (κ3) is 3.70. The largest absolute Gasteiger partial charge is 0.241 e. The summed E-state index contributed by atoms with van der Waals surface area (Å²) in [5.41, 5.74) is 4.33. The van der Waals surface area contributed by atoms with Gasteiger partial charge in [0.1, 0.15) is 6.33 Å². The third-order valence-electron chi connectivity index (χ3n) is 6.15. The van der Waals surface area contributed by atoms with Crippen molar-refractivity contribution < 1.29 is 0 Å². The van der Waals surface area contributed by atoms with Gasteiger partial charge in [-0.25, -0.2) is 9.97 Å². The van der Waals surface area contributed by atoms with E-state index in [2.05, 4.69) is 51.5 Å². The summed E-state index contributed by atoms with van der Waals surface area (Å²) in [6.07, 6.45) is 10.00. The molecule has 0 saturated heterocycles. The van der Waals surface area contributed by atoms with Gasteiger partial charge in [-0.15, -0.1) is 0 Å². The van der Waals surface area contributed by atoms with E-state index in [1.54, 1.807) is 6.33 Å². The van der Waals surface area contributed by atoms with Crippen LogP contribution in [0.15, 0.2) is 6.33 Å². The maximum absolute atomic E-state index is 4.62. The van der Waals surface area contributed by atoms with Crippen LogP contribution in [0.25, 0.3) is 0 Å². The lowest BCUT2D eigenvalue weighted by molar-refractivity contribution is 0.112. The molecular weight excluding hydrogens is 268 g/mol. The average Bonchev–Trinajstić information content (AvgIpc) is 2.48. The topological polar surface area (TPSA) is 25.8 Å². The van der Waals surface area contributed by atoms with Gasteiger partial charge < -0.3 is 0 Å². The summed E-state index contributed by atoms with van der Waals surface area (Å²) in [6, 6.07) is 0. The lowest BCUT2D eigenvalue weighted by Crippen LogP contribution is -2.29. The quantitative estimate of drug-likeness (QED) is 0.665. The molecule has 124 valence electrons. The van der Waals surface area contributed by atoms with Crippen LogP contribution in [0.4, 0.5) is 0 Å². The monoisotopic (exact) mass is 302 g/mol. The Hall–Kier alpha value is -0.920. The minimum absolute atomic E-state index is 0.477. The smallest absolute Gasteiger partial charge is 0.115 e. The van der Waals surface area contributed by atoms with E-state index in [0.29, 0.717) is 17.3 Å². The van der Waals surface area contributed by atoms with Crippen LogP contribution >= 0.6 is 0 Å². The van der Waals surface area contributed by atoms with Crippen molar-refractivity contribution in [3.8, 4) is 0 Å². The van der Waals surface area contributed by atoms with Gasteiger partial charge in [0.05, 0.1) is 0 Å². The molecule has 2 unspecified atom stereocenters. The van der Waals surface area contributed by atoms with Crippen LogP contribution in [0.5, 0.6) is 0 Å². The van der Waals surface area contributed by atoms with Crippen LogP contribution in [-0.4, -0.2) is 9.97 Å². The Kier molecular flexibility index (Phi) is 5.63. The van der Waals surface area contributed by atoms with E-state index in [0.717, 1.165) is 5.92 Å². The van der Waals surface area contributed by atoms with Crippen molar-refractivity contribution in [2.24, 2.45) is 11.3 Å². The molecule has 0 N–H and O–H groups in total. The Labute approximate surface area is 137 Å². The van der Waals surface area contributed by atoms with E-state index in [1.165, 1.54) is 55.5 Å². The van der Waals surface area contributed by atoms with Gasteiger partial charge in [0.2, 0.25) is 0 Å². The van der Waals surface area contributed by atoms with Gasteiger partial charge in [-0.1, -0.05) is 53.9 Å². The predicted molar refractivity (Wildman–Crippen MR) is 94.2 cm³/mol. The first-order valence-corrected chi connectivity index (χ1v) is 9.16. The molecule has 0 amide bonds. The molecule has 1 fully saturated rings. The summed E-state index contributed by atoms with van der Waals surface area (Å²) >= 11 is 0. The average molecular weight is 303 g/mol. The molecule has 2 heteroatoms. The molecule has 0 bridgehead atoms.